The van der Waals surface area contributed by atoms with Crippen molar-refractivity contribution < 1.29 is 18.7 Å². The van der Waals surface area contributed by atoms with Crippen molar-refractivity contribution >= 4 is 29.2 Å². The van der Waals surface area contributed by atoms with Gasteiger partial charge in [0.15, 0.2) is 5.82 Å². The van der Waals surface area contributed by atoms with Gasteiger partial charge in [-0.15, -0.1) is 0 Å². The Bertz CT molecular complexity index is 771. The van der Waals surface area contributed by atoms with Crippen LogP contribution in [0.4, 0.5) is 10.1 Å². The maximum absolute atomic E-state index is 14.6. The summed E-state index contributed by atoms with van der Waals surface area (Å²) < 4.78 is 19.1. The number of methoxy groups -OCH3 is 1. The van der Waals surface area contributed by atoms with Crippen molar-refractivity contribution in [3.05, 3.63) is 64.9 Å². The molecule has 0 fully saturated rings. The summed E-state index contributed by atoms with van der Waals surface area (Å²) in [5.41, 5.74) is 1.11. The number of hydrogen-bond acceptors (Lipinski definition) is 4. The fourth-order valence-corrected chi connectivity index (χ4v) is 2.62. The summed E-state index contributed by atoms with van der Waals surface area (Å²) in [7, 11) is 1.24. The second-order valence-electron chi connectivity index (χ2n) is 5.66. The number of amides is 1. The van der Waals surface area contributed by atoms with Crippen LogP contribution >= 0.6 is 11.6 Å². The van der Waals surface area contributed by atoms with Gasteiger partial charge < -0.3 is 15.0 Å². The van der Waals surface area contributed by atoms with E-state index >= 15 is 0 Å². The van der Waals surface area contributed by atoms with Crippen molar-refractivity contribution in [3.63, 3.8) is 0 Å². The average Bonchev–Trinajstić information content (AvgIpc) is 2.66. The Kier molecular flexibility index (Phi) is 6.97. The van der Waals surface area contributed by atoms with E-state index in [0.717, 1.165) is 5.56 Å². The molecule has 26 heavy (non-hydrogen) atoms. The average molecular weight is 379 g/mol. The predicted molar refractivity (Wildman–Crippen MR) is 98.5 cm³/mol. The number of halogens is 2. The van der Waals surface area contributed by atoms with Crippen LogP contribution in [0.1, 0.15) is 12.5 Å². The fraction of sp³-hybridized carbons (Fsp3) is 0.263. The molecule has 2 aromatic rings. The highest BCUT2D eigenvalue weighted by Crippen LogP contribution is 2.28. The summed E-state index contributed by atoms with van der Waals surface area (Å²) in [6.07, 6.45) is 0. The minimum atomic E-state index is -0.743. The summed E-state index contributed by atoms with van der Waals surface area (Å²) in [5, 5.41) is 2.47. The van der Waals surface area contributed by atoms with Crippen molar-refractivity contribution in [1.29, 1.82) is 0 Å². The highest BCUT2D eigenvalue weighted by Gasteiger charge is 2.25. The third-order valence-electron chi connectivity index (χ3n) is 3.92. The van der Waals surface area contributed by atoms with Gasteiger partial charge >= 0.3 is 5.97 Å². The molecule has 0 aliphatic rings. The Morgan fingerprint density at radius 1 is 1.19 bits per heavy atom. The van der Waals surface area contributed by atoms with Crippen LogP contribution in [0.15, 0.2) is 48.5 Å². The SMILES string of the molecule is COC(=O)CNC(=O)[C@H](C)N(Cc1ccccc1)c1cccc(Cl)c1F. The molecule has 5 nitrogen and oxygen atoms in total. The maximum Gasteiger partial charge on any atom is 0.325 e. The normalized spacial score (nSPS) is 11.5. The van der Waals surface area contributed by atoms with Gasteiger partial charge in [0.05, 0.1) is 17.8 Å². The predicted octanol–water partition coefficient (Wildman–Crippen LogP) is 3.16. The van der Waals surface area contributed by atoms with Crippen LogP contribution in [0, 0.1) is 5.82 Å². The van der Waals surface area contributed by atoms with Crippen LogP contribution in [-0.2, 0) is 20.9 Å². The molecule has 0 aliphatic carbocycles. The van der Waals surface area contributed by atoms with E-state index in [1.807, 2.05) is 30.3 Å². The molecular formula is C19H20ClFN2O3. The first-order valence-corrected chi connectivity index (χ1v) is 8.41. The molecule has 7 heteroatoms. The van der Waals surface area contributed by atoms with Crippen molar-refractivity contribution in [2.75, 3.05) is 18.6 Å². The molecule has 138 valence electrons. The van der Waals surface area contributed by atoms with E-state index in [1.54, 1.807) is 24.0 Å². The quantitative estimate of drug-likeness (QED) is 0.752. The van der Waals surface area contributed by atoms with Crippen molar-refractivity contribution in [2.24, 2.45) is 0 Å². The van der Waals surface area contributed by atoms with Gasteiger partial charge in [0.2, 0.25) is 5.91 Å². The smallest absolute Gasteiger partial charge is 0.325 e. The van der Waals surface area contributed by atoms with Gasteiger partial charge in [0, 0.05) is 6.54 Å². The molecular weight excluding hydrogens is 359 g/mol. The van der Waals surface area contributed by atoms with Crippen LogP contribution in [-0.4, -0.2) is 31.6 Å². The van der Waals surface area contributed by atoms with Gasteiger partial charge in [-0.05, 0) is 24.6 Å². The third-order valence-corrected chi connectivity index (χ3v) is 4.21. The lowest BCUT2D eigenvalue weighted by atomic mass is 10.1. The molecule has 0 bridgehead atoms. The van der Waals surface area contributed by atoms with E-state index in [4.69, 9.17) is 11.6 Å². The summed E-state index contributed by atoms with van der Waals surface area (Å²) in [5.74, 6) is -1.59. The van der Waals surface area contributed by atoms with Gasteiger partial charge in [-0.3, -0.25) is 9.59 Å². The zero-order valence-corrected chi connectivity index (χ0v) is 15.3. The Labute approximate surface area is 156 Å². The Morgan fingerprint density at radius 3 is 2.54 bits per heavy atom. The number of carbonyl (C=O) groups is 2. The molecule has 2 aromatic carbocycles. The second-order valence-corrected chi connectivity index (χ2v) is 6.06. The Morgan fingerprint density at radius 2 is 1.88 bits per heavy atom. The lowest BCUT2D eigenvalue weighted by Gasteiger charge is -2.31. The molecule has 0 heterocycles. The molecule has 0 radical (unpaired) electrons. The summed E-state index contributed by atoms with van der Waals surface area (Å²) in [6.45, 7) is 1.68. The first kappa shape index (κ1) is 19.7. The number of carbonyl (C=O) groups excluding carboxylic acids is 2. The first-order valence-electron chi connectivity index (χ1n) is 8.03. The number of ether oxygens (including phenoxy) is 1. The Balaban J connectivity index is 2.29. The summed E-state index contributed by atoms with van der Waals surface area (Å²) in [6, 6.07) is 13.3. The number of esters is 1. The molecule has 1 atom stereocenters. The van der Waals surface area contributed by atoms with Gasteiger partial charge in [0.1, 0.15) is 12.6 Å². The molecule has 0 spiro atoms. The van der Waals surface area contributed by atoms with Gasteiger partial charge in [0.25, 0.3) is 0 Å². The van der Waals surface area contributed by atoms with Crippen LogP contribution in [0.2, 0.25) is 5.02 Å². The molecule has 1 N–H and O–H groups in total. The van der Waals surface area contributed by atoms with Crippen LogP contribution in [0.25, 0.3) is 0 Å². The molecule has 0 aromatic heterocycles. The highest BCUT2D eigenvalue weighted by molar-refractivity contribution is 6.31. The van der Waals surface area contributed by atoms with E-state index < -0.39 is 23.7 Å². The first-order chi connectivity index (χ1) is 12.4. The van der Waals surface area contributed by atoms with Crippen LogP contribution in [0.3, 0.4) is 0 Å². The Hall–Kier alpha value is -2.60. The molecule has 0 saturated carbocycles. The standard InChI is InChI=1S/C19H20ClFN2O3/c1-13(19(25)22-11-17(24)26-2)23(12-14-7-4-3-5-8-14)16-10-6-9-15(20)18(16)21/h3-10,13H,11-12H2,1-2H3,(H,22,25)/t13-/m0/s1. The number of nitrogens with zero attached hydrogens (tertiary/aromatic N) is 1. The summed E-state index contributed by atoms with van der Waals surface area (Å²) in [4.78, 5) is 25.3. The van der Waals surface area contributed by atoms with Crippen LogP contribution in [0.5, 0.6) is 0 Å². The van der Waals surface area contributed by atoms with Crippen molar-refractivity contribution in [3.8, 4) is 0 Å². The van der Waals surface area contributed by atoms with Gasteiger partial charge in [-0.1, -0.05) is 48.0 Å². The van der Waals surface area contributed by atoms with E-state index in [-0.39, 0.29) is 17.3 Å². The number of rotatable bonds is 7. The zero-order chi connectivity index (χ0) is 19.1. The number of hydrogen-bond donors (Lipinski definition) is 1. The van der Waals surface area contributed by atoms with Gasteiger partial charge in [-0.25, -0.2) is 4.39 Å². The molecule has 2 rings (SSSR count). The fourth-order valence-electron chi connectivity index (χ4n) is 2.45. The van der Waals surface area contributed by atoms with Crippen molar-refractivity contribution in [2.45, 2.75) is 19.5 Å². The minimum absolute atomic E-state index is 0.0252. The molecule has 0 unspecified atom stereocenters. The van der Waals surface area contributed by atoms with Crippen molar-refractivity contribution in [1.82, 2.24) is 5.32 Å². The van der Waals surface area contributed by atoms with E-state index in [9.17, 15) is 14.0 Å². The summed E-state index contributed by atoms with van der Waals surface area (Å²) >= 11 is 5.90. The highest BCUT2D eigenvalue weighted by atomic mass is 35.5. The molecule has 0 aliphatic heterocycles. The third kappa shape index (κ3) is 4.95. The monoisotopic (exact) mass is 378 g/mol. The molecule has 1 amide bonds. The zero-order valence-electron chi connectivity index (χ0n) is 14.5. The van der Waals surface area contributed by atoms with Crippen LogP contribution < -0.4 is 10.2 Å². The largest absolute Gasteiger partial charge is 0.468 e. The maximum atomic E-state index is 14.6. The molecule has 0 saturated heterocycles. The van der Waals surface area contributed by atoms with E-state index in [2.05, 4.69) is 10.1 Å². The van der Waals surface area contributed by atoms with E-state index in [0.29, 0.717) is 6.54 Å². The van der Waals surface area contributed by atoms with Gasteiger partial charge in [-0.2, -0.15) is 0 Å². The topological polar surface area (TPSA) is 58.6 Å². The lowest BCUT2D eigenvalue weighted by Crippen LogP contribution is -2.46. The number of nitrogens with one attached hydrogen (secondary N) is 1. The van der Waals surface area contributed by atoms with E-state index in [1.165, 1.54) is 13.2 Å². The minimum Gasteiger partial charge on any atom is -0.468 e. The second kappa shape index (κ2) is 9.20. The lowest BCUT2D eigenvalue weighted by molar-refractivity contribution is -0.141. The number of benzene rings is 2. The number of anilines is 1.